The SMILES string of the molecule is CCC1NO1.NCCCCCN.O=C(O)CCCCC(=O)O. The van der Waals surface area contributed by atoms with E-state index in [1.165, 1.54) is 6.42 Å². The quantitative estimate of drug-likeness (QED) is 0.294. The third-order valence-corrected chi connectivity index (χ3v) is 2.59. The number of hydrogen-bond acceptors (Lipinski definition) is 6. The van der Waals surface area contributed by atoms with Crippen molar-refractivity contribution in [1.29, 1.82) is 0 Å². The molecule has 1 unspecified atom stereocenters. The van der Waals surface area contributed by atoms with Gasteiger partial charge in [-0.1, -0.05) is 13.3 Å². The summed E-state index contributed by atoms with van der Waals surface area (Å²) in [6, 6.07) is 0. The lowest BCUT2D eigenvalue weighted by Gasteiger charge is -1.92. The van der Waals surface area contributed by atoms with Crippen LogP contribution in [0.15, 0.2) is 0 Å². The van der Waals surface area contributed by atoms with Crippen LogP contribution in [0.4, 0.5) is 0 Å². The Morgan fingerprint density at radius 3 is 1.55 bits per heavy atom. The molecule has 1 atom stereocenters. The number of aliphatic carboxylic acids is 2. The van der Waals surface area contributed by atoms with Crippen LogP contribution in [0.3, 0.4) is 0 Å². The second-order valence-electron chi connectivity index (χ2n) is 4.77. The Morgan fingerprint density at radius 1 is 0.955 bits per heavy atom. The van der Waals surface area contributed by atoms with E-state index in [9.17, 15) is 9.59 Å². The van der Waals surface area contributed by atoms with E-state index in [-0.39, 0.29) is 12.8 Å². The van der Waals surface area contributed by atoms with Crippen molar-refractivity contribution in [2.75, 3.05) is 13.1 Å². The highest BCUT2D eigenvalue weighted by atomic mass is 16.8. The summed E-state index contributed by atoms with van der Waals surface area (Å²) in [6.45, 7) is 3.69. The zero-order valence-corrected chi connectivity index (χ0v) is 13.4. The number of carboxylic acids is 2. The van der Waals surface area contributed by atoms with Crippen LogP contribution in [-0.2, 0) is 14.4 Å². The molecule has 132 valence electrons. The summed E-state index contributed by atoms with van der Waals surface area (Å²) in [5, 5.41) is 16.3. The summed E-state index contributed by atoms with van der Waals surface area (Å²) in [4.78, 5) is 24.4. The van der Waals surface area contributed by atoms with Gasteiger partial charge in [0, 0.05) is 12.8 Å². The maximum Gasteiger partial charge on any atom is 0.303 e. The number of hydroxylamine groups is 1. The van der Waals surface area contributed by atoms with Gasteiger partial charge in [-0.05, 0) is 45.2 Å². The maximum atomic E-state index is 9.90. The largest absolute Gasteiger partial charge is 0.481 e. The third-order valence-electron chi connectivity index (χ3n) is 2.59. The molecule has 0 spiro atoms. The molecule has 0 bridgehead atoms. The van der Waals surface area contributed by atoms with Gasteiger partial charge in [0.1, 0.15) is 0 Å². The topological polar surface area (TPSA) is 161 Å². The van der Waals surface area contributed by atoms with Crippen molar-refractivity contribution in [3.05, 3.63) is 0 Å². The molecule has 0 aromatic rings. The number of unbranched alkanes of at least 4 members (excludes halogenated alkanes) is 3. The zero-order valence-electron chi connectivity index (χ0n) is 13.4. The molecule has 1 fully saturated rings. The first-order chi connectivity index (χ1) is 10.5. The number of carboxylic acid groups (broad SMARTS) is 2. The van der Waals surface area contributed by atoms with E-state index in [2.05, 4.69) is 17.2 Å². The van der Waals surface area contributed by atoms with Crippen LogP contribution in [0.2, 0.25) is 0 Å². The predicted octanol–water partition coefficient (Wildman–Crippen LogP) is 1.05. The van der Waals surface area contributed by atoms with Crippen molar-refractivity contribution in [2.24, 2.45) is 11.5 Å². The van der Waals surface area contributed by atoms with Crippen LogP contribution in [-0.4, -0.2) is 41.5 Å². The molecule has 1 aliphatic heterocycles. The number of nitrogens with two attached hydrogens (primary N) is 2. The van der Waals surface area contributed by atoms with Crippen molar-refractivity contribution >= 4 is 11.9 Å². The predicted molar refractivity (Wildman–Crippen MR) is 84.0 cm³/mol. The van der Waals surface area contributed by atoms with E-state index in [1.54, 1.807) is 0 Å². The molecule has 0 radical (unpaired) electrons. The molecule has 1 aliphatic rings. The Balaban J connectivity index is 0. The van der Waals surface area contributed by atoms with Crippen molar-refractivity contribution in [3.63, 3.8) is 0 Å². The standard InChI is InChI=1S/C6H10O4.C5H14N2.C3H7NO/c7-5(8)3-1-2-4-6(9)10;6-4-2-1-3-5-7;1-2-3-4-5-3/h1-4H2,(H,7,8)(H,9,10);1-7H2;3-4H,2H2,1H3. The van der Waals surface area contributed by atoms with Gasteiger partial charge in [0.2, 0.25) is 0 Å². The number of nitrogens with one attached hydrogen (secondary N) is 1. The molecule has 0 saturated carbocycles. The van der Waals surface area contributed by atoms with Gasteiger partial charge in [0.05, 0.1) is 0 Å². The highest BCUT2D eigenvalue weighted by Crippen LogP contribution is 2.01. The average molecular weight is 321 g/mol. The van der Waals surface area contributed by atoms with Crippen LogP contribution in [0.5, 0.6) is 0 Å². The summed E-state index contributed by atoms with van der Waals surface area (Å²) in [7, 11) is 0. The fourth-order valence-electron chi connectivity index (χ4n) is 1.23. The zero-order chi connectivity index (χ0) is 17.2. The monoisotopic (exact) mass is 321 g/mol. The highest BCUT2D eigenvalue weighted by molar-refractivity contribution is 5.67. The van der Waals surface area contributed by atoms with Crippen LogP contribution < -0.4 is 16.9 Å². The van der Waals surface area contributed by atoms with Crippen molar-refractivity contribution in [2.45, 2.75) is 64.5 Å². The first-order valence-corrected chi connectivity index (χ1v) is 7.72. The van der Waals surface area contributed by atoms with E-state index in [1.807, 2.05) is 0 Å². The normalized spacial score (nSPS) is 15.0. The Hall–Kier alpha value is -1.22. The summed E-state index contributed by atoms with van der Waals surface area (Å²) in [5.74, 6) is -1.74. The van der Waals surface area contributed by atoms with Crippen LogP contribution >= 0.6 is 0 Å². The van der Waals surface area contributed by atoms with Crippen LogP contribution in [0.25, 0.3) is 0 Å². The Bertz CT molecular complexity index is 253. The average Bonchev–Trinajstić information content (AvgIpc) is 3.29. The van der Waals surface area contributed by atoms with Gasteiger partial charge in [0.25, 0.3) is 0 Å². The van der Waals surface area contributed by atoms with Gasteiger partial charge in [0.15, 0.2) is 6.23 Å². The molecule has 0 aliphatic carbocycles. The summed E-state index contributed by atoms with van der Waals surface area (Å²) < 4.78 is 0. The number of carbonyl (C=O) groups is 2. The minimum Gasteiger partial charge on any atom is -0.481 e. The molecular weight excluding hydrogens is 290 g/mol. The van der Waals surface area contributed by atoms with E-state index < -0.39 is 11.9 Å². The lowest BCUT2D eigenvalue weighted by atomic mass is 10.2. The molecule has 7 N–H and O–H groups in total. The minimum absolute atomic E-state index is 0.0628. The van der Waals surface area contributed by atoms with E-state index in [0.29, 0.717) is 19.1 Å². The highest BCUT2D eigenvalue weighted by Gasteiger charge is 2.17. The summed E-state index contributed by atoms with van der Waals surface area (Å²) in [6.07, 6.45) is 5.92. The van der Waals surface area contributed by atoms with Gasteiger partial charge in [-0.15, -0.1) is 0 Å². The van der Waals surface area contributed by atoms with Gasteiger partial charge in [-0.3, -0.25) is 14.4 Å². The van der Waals surface area contributed by atoms with Gasteiger partial charge in [-0.25, -0.2) is 0 Å². The lowest BCUT2D eigenvalue weighted by molar-refractivity contribution is -0.139. The Kier molecular flexibility index (Phi) is 18.7. The summed E-state index contributed by atoms with van der Waals surface area (Å²) in [5.41, 5.74) is 13.1. The molecule has 8 heteroatoms. The maximum absolute atomic E-state index is 9.90. The first kappa shape index (κ1) is 23.1. The second kappa shape index (κ2) is 17.8. The van der Waals surface area contributed by atoms with Crippen molar-refractivity contribution in [1.82, 2.24) is 5.48 Å². The smallest absolute Gasteiger partial charge is 0.303 e. The molecule has 22 heavy (non-hydrogen) atoms. The van der Waals surface area contributed by atoms with E-state index in [0.717, 1.165) is 32.4 Å². The molecule has 8 nitrogen and oxygen atoms in total. The Labute approximate surface area is 132 Å². The van der Waals surface area contributed by atoms with Gasteiger partial charge >= 0.3 is 11.9 Å². The van der Waals surface area contributed by atoms with E-state index >= 15 is 0 Å². The summed E-state index contributed by atoms with van der Waals surface area (Å²) >= 11 is 0. The third kappa shape index (κ3) is 27.2. The Morgan fingerprint density at radius 2 is 1.36 bits per heavy atom. The van der Waals surface area contributed by atoms with Crippen molar-refractivity contribution in [3.8, 4) is 0 Å². The molecule has 0 amide bonds. The molecule has 0 aromatic carbocycles. The molecule has 0 aromatic heterocycles. The number of hydrogen-bond donors (Lipinski definition) is 5. The molecule has 1 saturated heterocycles. The van der Waals surface area contributed by atoms with Crippen LogP contribution in [0, 0.1) is 0 Å². The van der Waals surface area contributed by atoms with Gasteiger partial charge in [-0.2, -0.15) is 5.48 Å². The van der Waals surface area contributed by atoms with Crippen molar-refractivity contribution < 1.29 is 24.6 Å². The lowest BCUT2D eigenvalue weighted by Crippen LogP contribution is -2.02. The fraction of sp³-hybridized carbons (Fsp3) is 0.857. The van der Waals surface area contributed by atoms with Crippen LogP contribution in [0.1, 0.15) is 58.3 Å². The fourth-order valence-corrected chi connectivity index (χ4v) is 1.23. The molecule has 1 rings (SSSR count). The minimum atomic E-state index is -0.870. The first-order valence-electron chi connectivity index (χ1n) is 7.72. The molecular formula is C14H31N3O5. The molecule has 1 heterocycles. The number of rotatable bonds is 10. The van der Waals surface area contributed by atoms with E-state index in [4.69, 9.17) is 21.7 Å². The second-order valence-corrected chi connectivity index (χ2v) is 4.77. The van der Waals surface area contributed by atoms with Gasteiger partial charge < -0.3 is 21.7 Å².